The molecule has 1 aliphatic heterocycles. The maximum Gasteiger partial charge on any atom is 0.251 e. The maximum absolute atomic E-state index is 12.8. The van der Waals surface area contributed by atoms with Gasteiger partial charge in [0.2, 0.25) is 0 Å². The number of benzene rings is 2. The van der Waals surface area contributed by atoms with E-state index in [2.05, 4.69) is 40.8 Å². The van der Waals surface area contributed by atoms with Gasteiger partial charge in [-0.2, -0.15) is 5.26 Å². The van der Waals surface area contributed by atoms with Crippen molar-refractivity contribution in [2.24, 2.45) is 0 Å². The highest BCUT2D eigenvalue weighted by Crippen LogP contribution is 2.30. The van der Waals surface area contributed by atoms with Gasteiger partial charge < -0.3 is 15.5 Å². The Labute approximate surface area is 195 Å². The summed E-state index contributed by atoms with van der Waals surface area (Å²) in [5.74, 6) is 0.629. The fraction of sp³-hybridized carbons (Fsp3) is 0.462. The highest BCUT2D eigenvalue weighted by molar-refractivity contribution is 6.32. The van der Waals surface area contributed by atoms with Crippen LogP contribution in [0.4, 0.5) is 5.69 Å². The quantitative estimate of drug-likeness (QED) is 0.682. The van der Waals surface area contributed by atoms with E-state index >= 15 is 0 Å². The van der Waals surface area contributed by atoms with Crippen LogP contribution < -0.4 is 15.5 Å². The van der Waals surface area contributed by atoms with Gasteiger partial charge in [-0.1, -0.05) is 23.7 Å². The molecule has 32 heavy (non-hydrogen) atoms. The summed E-state index contributed by atoms with van der Waals surface area (Å²) in [5, 5.41) is 16.2. The van der Waals surface area contributed by atoms with Gasteiger partial charge in [0.25, 0.3) is 5.91 Å². The molecule has 0 bridgehead atoms. The molecule has 1 saturated heterocycles. The molecular formula is C26H31ClN4O. The summed E-state index contributed by atoms with van der Waals surface area (Å²) >= 11 is 6.21. The average molecular weight is 451 g/mol. The Kier molecular flexibility index (Phi) is 7.34. The number of hydrogen-bond donors (Lipinski definition) is 2. The minimum Gasteiger partial charge on any atom is -0.372 e. The number of carbonyl (C=O) groups excluding carboxylic acids is 1. The van der Waals surface area contributed by atoms with Gasteiger partial charge in [-0.15, -0.1) is 0 Å². The van der Waals surface area contributed by atoms with E-state index in [1.807, 2.05) is 24.3 Å². The van der Waals surface area contributed by atoms with Crippen molar-refractivity contribution in [1.82, 2.24) is 10.6 Å². The van der Waals surface area contributed by atoms with Crippen LogP contribution in [0.5, 0.6) is 0 Å². The monoisotopic (exact) mass is 450 g/mol. The van der Waals surface area contributed by atoms with E-state index in [4.69, 9.17) is 16.9 Å². The van der Waals surface area contributed by atoms with Crippen LogP contribution in [0.3, 0.4) is 0 Å². The fourth-order valence-corrected chi connectivity index (χ4v) is 5.18. The van der Waals surface area contributed by atoms with Gasteiger partial charge in [0, 0.05) is 30.4 Å². The predicted octanol–water partition coefficient (Wildman–Crippen LogP) is 4.86. The summed E-state index contributed by atoms with van der Waals surface area (Å²) < 4.78 is 0. The van der Waals surface area contributed by atoms with E-state index in [0.717, 1.165) is 62.9 Å². The molecule has 2 N–H and O–H groups in total. The number of halogens is 1. The number of hydrogen-bond acceptors (Lipinski definition) is 4. The van der Waals surface area contributed by atoms with E-state index < -0.39 is 0 Å². The Morgan fingerprint density at radius 1 is 1.06 bits per heavy atom. The van der Waals surface area contributed by atoms with Gasteiger partial charge in [-0.05, 0) is 93.4 Å². The molecule has 1 aliphatic carbocycles. The molecule has 0 spiro atoms. The largest absolute Gasteiger partial charge is 0.372 e. The molecule has 4 rings (SSSR count). The Hall–Kier alpha value is -2.55. The number of anilines is 1. The summed E-state index contributed by atoms with van der Waals surface area (Å²) in [4.78, 5) is 15.0. The lowest BCUT2D eigenvalue weighted by Crippen LogP contribution is -2.42. The summed E-state index contributed by atoms with van der Waals surface area (Å²) in [5.41, 5.74) is 3.61. The number of carbonyl (C=O) groups is 1. The molecule has 5 nitrogen and oxygen atoms in total. The molecule has 0 unspecified atom stereocenters. The molecule has 0 radical (unpaired) electrons. The highest BCUT2D eigenvalue weighted by Gasteiger charge is 2.26. The van der Waals surface area contributed by atoms with Gasteiger partial charge in [0.15, 0.2) is 0 Å². The SMILES string of the molecule is CN(c1ccc(C#N)c(Cl)c1)C1CCC(NC(=O)c2ccc(C3CCNCC3)cc2)CC1. The van der Waals surface area contributed by atoms with Crippen molar-refractivity contribution < 1.29 is 4.79 Å². The van der Waals surface area contributed by atoms with E-state index in [1.54, 1.807) is 6.07 Å². The van der Waals surface area contributed by atoms with E-state index in [0.29, 0.717) is 22.5 Å². The third-order valence-corrected chi connectivity index (χ3v) is 7.36. The van der Waals surface area contributed by atoms with Crippen LogP contribution in [0.2, 0.25) is 5.02 Å². The van der Waals surface area contributed by atoms with Gasteiger partial charge in [-0.25, -0.2) is 0 Å². The molecule has 2 aromatic rings. The number of piperidine rings is 1. The number of rotatable bonds is 5. The normalized spacial score (nSPS) is 21.5. The van der Waals surface area contributed by atoms with Crippen molar-refractivity contribution >= 4 is 23.2 Å². The second-order valence-electron chi connectivity index (χ2n) is 9.01. The maximum atomic E-state index is 12.8. The molecule has 0 atom stereocenters. The number of nitrogens with one attached hydrogen (secondary N) is 2. The van der Waals surface area contributed by atoms with Crippen LogP contribution in [0.25, 0.3) is 0 Å². The first-order chi connectivity index (χ1) is 15.5. The summed E-state index contributed by atoms with van der Waals surface area (Å²) in [6.45, 7) is 2.14. The first kappa shape index (κ1) is 22.6. The zero-order valence-electron chi connectivity index (χ0n) is 18.6. The Balaban J connectivity index is 1.28. The van der Waals surface area contributed by atoms with Crippen molar-refractivity contribution in [3.05, 3.63) is 64.2 Å². The van der Waals surface area contributed by atoms with Crippen LogP contribution in [-0.4, -0.2) is 38.1 Å². The molecule has 1 amide bonds. The molecule has 1 heterocycles. The van der Waals surface area contributed by atoms with Gasteiger partial charge in [0.05, 0.1) is 10.6 Å². The molecule has 2 aromatic carbocycles. The first-order valence-electron chi connectivity index (χ1n) is 11.6. The van der Waals surface area contributed by atoms with E-state index in [9.17, 15) is 4.79 Å². The lowest BCUT2D eigenvalue weighted by Gasteiger charge is -2.36. The Bertz CT molecular complexity index is 970. The van der Waals surface area contributed by atoms with Crippen LogP contribution in [0.15, 0.2) is 42.5 Å². The van der Waals surface area contributed by atoms with Crippen molar-refractivity contribution in [1.29, 1.82) is 5.26 Å². The third kappa shape index (κ3) is 5.26. The van der Waals surface area contributed by atoms with Crippen molar-refractivity contribution in [2.45, 2.75) is 56.5 Å². The predicted molar refractivity (Wildman–Crippen MR) is 129 cm³/mol. The zero-order valence-corrected chi connectivity index (χ0v) is 19.4. The second kappa shape index (κ2) is 10.4. The molecule has 1 saturated carbocycles. The van der Waals surface area contributed by atoms with Gasteiger partial charge in [-0.3, -0.25) is 4.79 Å². The smallest absolute Gasteiger partial charge is 0.251 e. The minimum atomic E-state index is 0.0255. The van der Waals surface area contributed by atoms with Crippen LogP contribution in [0, 0.1) is 11.3 Å². The summed E-state index contributed by atoms with van der Waals surface area (Å²) in [6, 6.07) is 16.5. The van der Waals surface area contributed by atoms with Crippen LogP contribution >= 0.6 is 11.6 Å². The zero-order chi connectivity index (χ0) is 22.5. The molecule has 168 valence electrons. The second-order valence-corrected chi connectivity index (χ2v) is 9.42. The summed E-state index contributed by atoms with van der Waals surface area (Å²) in [6.07, 6.45) is 6.26. The Morgan fingerprint density at radius 2 is 1.75 bits per heavy atom. The van der Waals surface area contributed by atoms with Crippen molar-refractivity contribution in [3.63, 3.8) is 0 Å². The van der Waals surface area contributed by atoms with Crippen molar-refractivity contribution in [2.75, 3.05) is 25.0 Å². The minimum absolute atomic E-state index is 0.0255. The molecular weight excluding hydrogens is 420 g/mol. The standard InChI is InChI=1S/C26H31ClN4O/c1-31(24-9-6-21(17-28)25(27)16-24)23-10-7-22(8-11-23)30-26(32)20-4-2-18(3-5-20)19-12-14-29-15-13-19/h2-6,9,16,19,22-23,29H,7-8,10-15H2,1H3,(H,30,32). The number of amides is 1. The average Bonchev–Trinajstić information content (AvgIpc) is 2.84. The lowest BCUT2D eigenvalue weighted by atomic mass is 9.89. The topological polar surface area (TPSA) is 68.2 Å². The van der Waals surface area contributed by atoms with Crippen molar-refractivity contribution in [3.8, 4) is 6.07 Å². The third-order valence-electron chi connectivity index (χ3n) is 7.04. The van der Waals surface area contributed by atoms with Crippen LogP contribution in [-0.2, 0) is 0 Å². The van der Waals surface area contributed by atoms with Gasteiger partial charge >= 0.3 is 0 Å². The molecule has 2 fully saturated rings. The molecule has 6 heteroatoms. The first-order valence-corrected chi connectivity index (χ1v) is 12.0. The molecule has 2 aliphatic rings. The van der Waals surface area contributed by atoms with Gasteiger partial charge in [0.1, 0.15) is 6.07 Å². The summed E-state index contributed by atoms with van der Waals surface area (Å²) in [7, 11) is 2.07. The van der Waals surface area contributed by atoms with Crippen LogP contribution in [0.1, 0.15) is 65.9 Å². The Morgan fingerprint density at radius 3 is 2.38 bits per heavy atom. The van der Waals surface area contributed by atoms with E-state index in [-0.39, 0.29) is 11.9 Å². The van der Waals surface area contributed by atoms with E-state index in [1.165, 1.54) is 5.56 Å². The fourth-order valence-electron chi connectivity index (χ4n) is 4.96. The lowest BCUT2D eigenvalue weighted by molar-refractivity contribution is 0.0926. The number of nitrogens with zero attached hydrogens (tertiary/aromatic N) is 2. The number of nitriles is 1. The highest BCUT2D eigenvalue weighted by atomic mass is 35.5. The molecule has 0 aromatic heterocycles.